The molecule has 99 heavy (non-hydrogen) atoms. The SMILES string of the molecule is CCCC(CC)CCC(C)C[NH+](CC(C)CCC(CC)CCC)c1c(F)c(F)c(F)c(F)c1F.Fc1cc2[c]([Al-]([c]3c(F)c(F)c(F)c4c(F)c(F)c(F)cc34)([c]3c(F)c(F)c(F)c4c(F)c(F)c(F)cc34)[c]3c(F)c(F)c(F)c4c(F)c(F)c(F)cc34)c(F)c(F)c(F)c2c(F)c1F. The van der Waals surface area contributed by atoms with Crippen molar-refractivity contribution in [2.75, 3.05) is 13.1 Å². The molecule has 9 rings (SSSR count). The second-order valence-electron chi connectivity index (χ2n) is 24.4. The first-order chi connectivity index (χ1) is 46.4. The van der Waals surface area contributed by atoms with E-state index in [2.05, 4.69) is 27.7 Å². The third-order valence-corrected chi connectivity index (χ3v) is 24.1. The van der Waals surface area contributed by atoms with Crippen LogP contribution in [-0.4, -0.2) is 26.2 Å². The van der Waals surface area contributed by atoms with Crippen LogP contribution in [0.15, 0.2) is 24.3 Å². The monoisotopic (exact) mass is 1460 g/mol. The van der Waals surface area contributed by atoms with Crippen LogP contribution in [0.4, 0.5) is 133 Å². The summed E-state index contributed by atoms with van der Waals surface area (Å²) >= 11 is -9.12. The Morgan fingerprint density at radius 2 is 0.475 bits per heavy atom. The van der Waals surface area contributed by atoms with Crippen LogP contribution in [0.1, 0.15) is 106 Å². The molecule has 0 spiro atoms. The van der Waals surface area contributed by atoms with Gasteiger partial charge < -0.3 is 0 Å². The maximum absolute atomic E-state index is 17.3. The Labute approximate surface area is 545 Å². The average molecular weight is 1460 g/mol. The molecule has 31 heteroatoms. The van der Waals surface area contributed by atoms with Crippen LogP contribution in [-0.2, 0) is 0 Å². The third-order valence-electron chi connectivity index (χ3n) is 18.3. The van der Waals surface area contributed by atoms with Crippen molar-refractivity contribution in [1.29, 1.82) is 0 Å². The van der Waals surface area contributed by atoms with Gasteiger partial charge in [0, 0.05) is 11.8 Å². The Kier molecular flexibility index (Phi) is 23.4. The molecule has 0 aliphatic rings. The van der Waals surface area contributed by atoms with Gasteiger partial charge in [0.05, 0.1) is 34.6 Å². The largest absolute Gasteiger partial charge is 0.297 e. The minimum absolute atomic E-state index is 0.103. The van der Waals surface area contributed by atoms with E-state index in [-0.39, 0.29) is 11.8 Å². The predicted octanol–water partition coefficient (Wildman–Crippen LogP) is 19.4. The number of halogens is 29. The summed E-state index contributed by atoms with van der Waals surface area (Å²) in [5, 5.41) is -20.2. The van der Waals surface area contributed by atoms with Crippen molar-refractivity contribution in [2.45, 2.75) is 106 Å². The summed E-state index contributed by atoms with van der Waals surface area (Å²) in [5.41, 5.74) is -0.698. The van der Waals surface area contributed by atoms with Crippen LogP contribution in [0, 0.1) is 192 Å². The van der Waals surface area contributed by atoms with Crippen molar-refractivity contribution in [2.24, 2.45) is 23.7 Å². The lowest BCUT2D eigenvalue weighted by Gasteiger charge is -2.44. The van der Waals surface area contributed by atoms with Crippen molar-refractivity contribution in [3.63, 3.8) is 0 Å². The van der Waals surface area contributed by atoms with Crippen LogP contribution < -0.4 is 22.6 Å². The fourth-order valence-electron chi connectivity index (χ4n) is 13.6. The normalized spacial score (nSPS) is 13.7. The molecule has 0 radical (unpaired) electrons. The second kappa shape index (κ2) is 30.0. The quantitative estimate of drug-likeness (QED) is 0.0317. The van der Waals surface area contributed by atoms with Gasteiger partial charge in [-0.1, -0.05) is 80.1 Å². The Morgan fingerprint density at radius 1 is 0.263 bits per heavy atom. The van der Waals surface area contributed by atoms with Gasteiger partial charge in [-0.15, -0.1) is 0 Å². The van der Waals surface area contributed by atoms with Crippen LogP contribution >= 0.6 is 0 Å². The van der Waals surface area contributed by atoms with E-state index in [9.17, 15) is 39.5 Å². The Balaban J connectivity index is 0.000000311. The molecule has 1 nitrogen and oxygen atoms in total. The highest BCUT2D eigenvalue weighted by Gasteiger charge is 2.53. The van der Waals surface area contributed by atoms with E-state index in [1.807, 2.05) is 13.8 Å². The van der Waals surface area contributed by atoms with Gasteiger partial charge in [0.15, 0.2) is 116 Å². The lowest BCUT2D eigenvalue weighted by molar-refractivity contribution is -0.842. The minimum Gasteiger partial charge on any atom is -0.297 e. The summed E-state index contributed by atoms with van der Waals surface area (Å²) < 4.78 is 440. The van der Waals surface area contributed by atoms with Gasteiger partial charge in [-0.25, -0.2) is 119 Å². The lowest BCUT2D eigenvalue weighted by Crippen LogP contribution is -3.09. The van der Waals surface area contributed by atoms with E-state index in [4.69, 9.17) is 0 Å². The predicted molar refractivity (Wildman–Crippen MR) is 310 cm³/mol. The highest BCUT2D eigenvalue weighted by Crippen LogP contribution is 2.40. The Hall–Kier alpha value is -7.52. The van der Waals surface area contributed by atoms with Crippen molar-refractivity contribution < 1.29 is 132 Å². The minimum atomic E-state index is -9.12. The molecule has 0 saturated carbocycles. The lowest BCUT2D eigenvalue weighted by atomic mass is 9.90. The summed E-state index contributed by atoms with van der Waals surface area (Å²) in [7, 11) is 0. The fourth-order valence-corrected chi connectivity index (χ4v) is 20.2. The van der Waals surface area contributed by atoms with Crippen LogP contribution in [0.25, 0.3) is 43.1 Å². The van der Waals surface area contributed by atoms with E-state index >= 15 is 87.8 Å². The molecular formula is C68H51AlF29N. The van der Waals surface area contributed by atoms with E-state index in [0.717, 1.165) is 64.2 Å². The van der Waals surface area contributed by atoms with E-state index in [1.54, 1.807) is 0 Å². The summed E-state index contributed by atoms with van der Waals surface area (Å²) in [6.45, 7) is 13.4. The molecular weight excluding hydrogens is 1410 g/mol. The number of hydrogen-bond donors (Lipinski definition) is 1. The Morgan fingerprint density at radius 3 is 0.697 bits per heavy atom. The van der Waals surface area contributed by atoms with E-state index in [1.165, 1.54) is 0 Å². The first-order valence-electron chi connectivity index (χ1n) is 30.5. The molecule has 0 aliphatic carbocycles. The zero-order valence-corrected chi connectivity index (χ0v) is 53.3. The summed E-state index contributed by atoms with van der Waals surface area (Å²) in [4.78, 5) is 0.361. The van der Waals surface area contributed by atoms with Crippen LogP contribution in [0.5, 0.6) is 0 Å². The number of hydrogen-bond acceptors (Lipinski definition) is 0. The number of quaternary nitrogens is 1. The number of benzene rings is 9. The van der Waals surface area contributed by atoms with E-state index < -0.39 is 273 Å². The first-order valence-corrected chi connectivity index (χ1v) is 32.8. The van der Waals surface area contributed by atoms with Gasteiger partial charge in [0.1, 0.15) is 23.3 Å². The van der Waals surface area contributed by atoms with Gasteiger partial charge in [-0.05, 0) is 83.3 Å². The van der Waals surface area contributed by atoms with E-state index in [0.29, 0.717) is 29.8 Å². The smallest absolute Gasteiger partial charge is 0.286 e. The van der Waals surface area contributed by atoms with Gasteiger partial charge in [-0.3, -0.25) is 4.90 Å². The highest BCUT2D eigenvalue weighted by atomic mass is 27.2. The standard InChI is InChI=1S/C28H46F5N.4C10HF6.Al/c1-7-11-21(9-3)15-13-19(5)17-34(18-20(6)14-16-22(10-4)12-8-2)28-26(32)24(30)23(29)25(31)27(28)33;4*11-4-1-3-2-5(12)8(14)10(16)6(3)9(15)7(4)13;/h19-22H,7-18H2,1-6H3;4*1H;/q;;;;;-1/p+1. The molecule has 4 atom stereocenters. The van der Waals surface area contributed by atoms with Crippen LogP contribution in [0.3, 0.4) is 0 Å². The van der Waals surface area contributed by atoms with Crippen LogP contribution in [0.2, 0.25) is 0 Å². The molecule has 0 heterocycles. The average Bonchev–Trinajstić information content (AvgIpc) is 0.668. The van der Waals surface area contributed by atoms with Crippen molar-refractivity contribution in [3.05, 3.63) is 193 Å². The van der Waals surface area contributed by atoms with Crippen molar-refractivity contribution >= 4 is 79.6 Å². The van der Waals surface area contributed by atoms with Gasteiger partial charge in [0.25, 0.3) is 13.1 Å². The molecule has 9 aromatic rings. The van der Waals surface area contributed by atoms with Crippen molar-refractivity contribution in [3.8, 4) is 0 Å². The molecule has 4 unspecified atom stereocenters. The zero-order valence-electron chi connectivity index (χ0n) is 52.1. The Bertz CT molecular complexity index is 4160. The molecule has 534 valence electrons. The maximum atomic E-state index is 17.3. The molecule has 0 bridgehead atoms. The summed E-state index contributed by atoms with van der Waals surface area (Å²) in [5.74, 6) is -83.0. The molecule has 0 fully saturated rings. The molecule has 9 aromatic carbocycles. The van der Waals surface area contributed by atoms with Crippen molar-refractivity contribution in [1.82, 2.24) is 0 Å². The van der Waals surface area contributed by atoms with Gasteiger partial charge in [0.2, 0.25) is 34.8 Å². The maximum Gasteiger partial charge on any atom is 0.286 e. The zero-order chi connectivity index (χ0) is 73.9. The third kappa shape index (κ3) is 13.1. The molecule has 1 N–H and O–H groups in total. The summed E-state index contributed by atoms with van der Waals surface area (Å²) in [6, 6.07) is -3.14. The molecule has 0 aromatic heterocycles. The van der Waals surface area contributed by atoms with Gasteiger partial charge >= 0.3 is 0 Å². The number of fused-ring (bicyclic) bond motifs is 4. The molecule has 0 amide bonds. The van der Waals surface area contributed by atoms with Gasteiger partial charge in [-0.2, -0.15) is 26.5 Å². The number of rotatable bonds is 21. The number of nitrogens with one attached hydrogen (secondary N) is 1. The fraction of sp³-hybridized carbons (Fsp3) is 0.324. The summed E-state index contributed by atoms with van der Waals surface area (Å²) in [6.07, 6.45) is 10.5. The highest BCUT2D eigenvalue weighted by molar-refractivity contribution is 7.23. The topological polar surface area (TPSA) is 4.44 Å². The molecule has 0 aliphatic heterocycles. The molecule has 0 saturated heterocycles. The first kappa shape index (κ1) is 77.2. The second-order valence-corrected chi connectivity index (χ2v) is 28.4.